The van der Waals surface area contributed by atoms with Crippen molar-refractivity contribution in [3.63, 3.8) is 0 Å². The van der Waals surface area contributed by atoms with Gasteiger partial charge in [-0.2, -0.15) is 5.26 Å². The molecule has 0 spiro atoms. The van der Waals surface area contributed by atoms with Crippen molar-refractivity contribution in [1.82, 2.24) is 20.3 Å². The molecule has 1 amide bonds. The highest BCUT2D eigenvalue weighted by Crippen LogP contribution is 2.44. The van der Waals surface area contributed by atoms with Gasteiger partial charge in [0.1, 0.15) is 17.0 Å². The van der Waals surface area contributed by atoms with Crippen LogP contribution in [0.25, 0.3) is 23.0 Å². The summed E-state index contributed by atoms with van der Waals surface area (Å²) >= 11 is 0. The summed E-state index contributed by atoms with van der Waals surface area (Å²) in [5.74, 6) is 0.989. The van der Waals surface area contributed by atoms with E-state index in [9.17, 15) is 18.5 Å². The summed E-state index contributed by atoms with van der Waals surface area (Å²) in [6, 6.07) is 11.8. The molecule has 2 atom stereocenters. The summed E-state index contributed by atoms with van der Waals surface area (Å²) in [4.78, 5) is 28.9. The topological polar surface area (TPSA) is 142 Å². The summed E-state index contributed by atoms with van der Waals surface area (Å²) in [5.41, 5.74) is 1.71. The molecule has 0 bridgehead atoms. The Morgan fingerprint density at radius 3 is 2.44 bits per heavy atom. The Balaban J connectivity index is 1.34. The van der Waals surface area contributed by atoms with E-state index in [-0.39, 0.29) is 29.2 Å². The van der Waals surface area contributed by atoms with Gasteiger partial charge in [-0.3, -0.25) is 4.79 Å². The van der Waals surface area contributed by atoms with Crippen molar-refractivity contribution in [2.24, 2.45) is 5.92 Å². The first kappa shape index (κ1) is 25.5. The number of anilines is 1. The fourth-order valence-electron chi connectivity index (χ4n) is 5.57. The molecule has 3 aliphatic rings. The third kappa shape index (κ3) is 5.26. The number of nitrogens with zero attached hydrogens (tertiary/aromatic N) is 5. The summed E-state index contributed by atoms with van der Waals surface area (Å²) < 4.78 is 30.0. The summed E-state index contributed by atoms with van der Waals surface area (Å²) in [6.45, 7) is 0.935. The highest BCUT2D eigenvalue weighted by Gasteiger charge is 2.47. The van der Waals surface area contributed by atoms with E-state index in [1.54, 1.807) is 18.5 Å². The van der Waals surface area contributed by atoms with Gasteiger partial charge in [0.15, 0.2) is 9.84 Å². The van der Waals surface area contributed by atoms with E-state index in [4.69, 9.17) is 9.40 Å². The van der Waals surface area contributed by atoms with Gasteiger partial charge in [0, 0.05) is 48.6 Å². The molecule has 2 aliphatic carbocycles. The monoisotopic (exact) mass is 546 g/mol. The van der Waals surface area contributed by atoms with E-state index >= 15 is 0 Å². The lowest BCUT2D eigenvalue weighted by Gasteiger charge is -2.30. The second kappa shape index (κ2) is 10.1. The van der Waals surface area contributed by atoms with Gasteiger partial charge in [-0.1, -0.05) is 25.0 Å². The van der Waals surface area contributed by atoms with E-state index in [0.29, 0.717) is 55.5 Å². The zero-order valence-corrected chi connectivity index (χ0v) is 22.4. The van der Waals surface area contributed by atoms with Crippen LogP contribution in [0.1, 0.15) is 50.2 Å². The maximum absolute atomic E-state index is 13.4. The van der Waals surface area contributed by atoms with E-state index in [0.717, 1.165) is 30.5 Å². The predicted molar refractivity (Wildman–Crippen MR) is 144 cm³/mol. The molecule has 11 heteroatoms. The van der Waals surface area contributed by atoms with Gasteiger partial charge >= 0.3 is 0 Å². The number of oxazole rings is 1. The smallest absolute Gasteiger partial charge is 0.265 e. The number of hydrogen-bond acceptors (Lipinski definition) is 9. The lowest BCUT2D eigenvalue weighted by molar-refractivity contribution is -0.127. The van der Waals surface area contributed by atoms with Crippen molar-refractivity contribution in [2.45, 2.75) is 50.0 Å². The number of carbonyl (C=O) groups is 1. The molecule has 6 rings (SSSR count). The molecule has 2 saturated carbocycles. The molecule has 3 heterocycles. The molecule has 0 unspecified atom stereocenters. The molecular formula is C28H30N6O4S. The molecule has 3 aromatic rings. The Kier molecular flexibility index (Phi) is 6.59. The van der Waals surface area contributed by atoms with Crippen molar-refractivity contribution in [3.05, 3.63) is 48.5 Å². The lowest BCUT2D eigenvalue weighted by atomic mass is 9.76. The minimum atomic E-state index is -2.96. The molecule has 1 saturated heterocycles. The molecule has 202 valence electrons. The number of nitrogens with one attached hydrogen (secondary N) is 1. The molecule has 1 aliphatic heterocycles. The average molecular weight is 547 g/mol. The maximum atomic E-state index is 13.4. The molecule has 2 aromatic heterocycles. The fourth-order valence-corrected chi connectivity index (χ4v) is 6.77. The molecule has 1 aromatic carbocycles. The normalized spacial score (nSPS) is 23.5. The largest absolute Gasteiger partial charge is 0.438 e. The van der Waals surface area contributed by atoms with Crippen LogP contribution in [-0.2, 0) is 14.6 Å². The van der Waals surface area contributed by atoms with E-state index in [1.807, 2.05) is 24.3 Å². The van der Waals surface area contributed by atoms with E-state index in [1.165, 1.54) is 0 Å². The number of benzene rings is 1. The molecule has 0 radical (unpaired) electrons. The number of nitriles is 1. The first-order chi connectivity index (χ1) is 18.9. The first-order valence-electron chi connectivity index (χ1n) is 13.4. The van der Waals surface area contributed by atoms with Gasteiger partial charge in [0.2, 0.25) is 11.7 Å². The zero-order valence-electron chi connectivity index (χ0n) is 21.5. The standard InChI is InChI=1S/C28H30N6O4S/c29-18-28(10-11-28)33-26(35)22-5-2-1-4-21(22)24-23(32-27(38-24)25-30-12-3-13-31-25)19-6-8-20(9-7-19)34-14-16-39(36,37)17-15-34/h3,6-9,12-13,21-22H,1-2,4-5,10-11,14-17H2,(H,33,35)/t21-,22-/m1/s1. The number of hydrogen-bond donors (Lipinski definition) is 1. The number of carbonyl (C=O) groups excluding carboxylic acids is 1. The summed E-state index contributed by atoms with van der Waals surface area (Å²) in [7, 11) is -2.96. The Hall–Kier alpha value is -3.78. The zero-order chi connectivity index (χ0) is 27.0. The van der Waals surface area contributed by atoms with Crippen molar-refractivity contribution in [1.29, 1.82) is 5.26 Å². The third-order valence-electron chi connectivity index (χ3n) is 8.03. The van der Waals surface area contributed by atoms with Crippen LogP contribution in [-0.4, -0.2) is 59.4 Å². The van der Waals surface area contributed by atoms with Crippen molar-refractivity contribution >= 4 is 21.4 Å². The van der Waals surface area contributed by atoms with Gasteiger partial charge in [-0.25, -0.2) is 23.4 Å². The average Bonchev–Trinajstić information content (AvgIpc) is 3.60. The highest BCUT2D eigenvalue weighted by molar-refractivity contribution is 7.91. The second-order valence-electron chi connectivity index (χ2n) is 10.7. The minimum absolute atomic E-state index is 0.103. The van der Waals surface area contributed by atoms with Crippen molar-refractivity contribution < 1.29 is 17.6 Å². The Morgan fingerprint density at radius 1 is 1.08 bits per heavy atom. The minimum Gasteiger partial charge on any atom is -0.438 e. The Labute approximate surface area is 227 Å². The van der Waals surface area contributed by atoms with Crippen LogP contribution in [0.15, 0.2) is 47.1 Å². The van der Waals surface area contributed by atoms with Gasteiger partial charge in [-0.05, 0) is 43.9 Å². The van der Waals surface area contributed by atoms with Crippen LogP contribution in [0.3, 0.4) is 0 Å². The molecule has 3 fully saturated rings. The van der Waals surface area contributed by atoms with Crippen LogP contribution in [0.2, 0.25) is 0 Å². The quantitative estimate of drug-likeness (QED) is 0.492. The molecular weight excluding hydrogens is 516 g/mol. The Morgan fingerprint density at radius 2 is 1.77 bits per heavy atom. The van der Waals surface area contributed by atoms with Crippen LogP contribution >= 0.6 is 0 Å². The third-order valence-corrected chi connectivity index (χ3v) is 9.64. The van der Waals surface area contributed by atoms with Gasteiger partial charge in [0.25, 0.3) is 5.89 Å². The first-order valence-corrected chi connectivity index (χ1v) is 15.3. The number of sulfone groups is 1. The van der Waals surface area contributed by atoms with Crippen molar-refractivity contribution in [3.8, 4) is 29.0 Å². The predicted octanol–water partition coefficient (Wildman–Crippen LogP) is 3.48. The van der Waals surface area contributed by atoms with Gasteiger partial charge in [0.05, 0.1) is 17.6 Å². The van der Waals surface area contributed by atoms with Crippen LogP contribution < -0.4 is 10.2 Å². The van der Waals surface area contributed by atoms with E-state index in [2.05, 4.69) is 26.3 Å². The Bertz CT molecular complexity index is 1500. The number of amides is 1. The molecule has 10 nitrogen and oxygen atoms in total. The fraction of sp³-hybridized carbons (Fsp3) is 0.464. The number of rotatable bonds is 6. The maximum Gasteiger partial charge on any atom is 0.265 e. The van der Waals surface area contributed by atoms with Crippen LogP contribution in [0.5, 0.6) is 0 Å². The second-order valence-corrected chi connectivity index (χ2v) is 13.0. The lowest BCUT2D eigenvalue weighted by Crippen LogP contribution is -2.42. The molecule has 39 heavy (non-hydrogen) atoms. The van der Waals surface area contributed by atoms with Crippen molar-refractivity contribution in [2.75, 3.05) is 29.5 Å². The SMILES string of the molecule is N#CC1(NC(=O)[C@@H]2CCCC[C@H]2c2oc(-c3ncccn3)nc2-c2ccc(N3CCS(=O)(=O)CC3)cc2)CC1. The van der Waals surface area contributed by atoms with Crippen LogP contribution in [0, 0.1) is 17.2 Å². The summed E-state index contributed by atoms with van der Waals surface area (Å²) in [5, 5.41) is 12.5. The molecule has 1 N–H and O–H groups in total. The van der Waals surface area contributed by atoms with Crippen LogP contribution in [0.4, 0.5) is 5.69 Å². The highest BCUT2D eigenvalue weighted by atomic mass is 32.2. The summed E-state index contributed by atoms with van der Waals surface area (Å²) in [6.07, 6.45) is 8.02. The number of aromatic nitrogens is 3. The van der Waals surface area contributed by atoms with E-state index < -0.39 is 15.4 Å². The van der Waals surface area contributed by atoms with Gasteiger partial charge < -0.3 is 14.6 Å². The van der Waals surface area contributed by atoms with Gasteiger partial charge in [-0.15, -0.1) is 0 Å².